The molecule has 2 N–H and O–H groups in total. The smallest absolute Gasteiger partial charge is 0.251 e. The first kappa shape index (κ1) is 17.9. The molecule has 26 heavy (non-hydrogen) atoms. The molecule has 0 aliphatic heterocycles. The lowest BCUT2D eigenvalue weighted by Gasteiger charge is -2.09. The predicted molar refractivity (Wildman–Crippen MR) is 101 cm³/mol. The fourth-order valence-corrected chi connectivity index (χ4v) is 2.65. The van der Waals surface area contributed by atoms with Gasteiger partial charge in [-0.2, -0.15) is 0 Å². The first-order valence-corrected chi connectivity index (χ1v) is 8.49. The number of nitrogens with one attached hydrogen (secondary N) is 2. The van der Waals surface area contributed by atoms with Gasteiger partial charge in [-0.3, -0.25) is 4.79 Å². The van der Waals surface area contributed by atoms with Crippen molar-refractivity contribution in [3.63, 3.8) is 0 Å². The third-order valence-electron chi connectivity index (χ3n) is 3.73. The number of aromatic nitrogens is 1. The zero-order valence-electron chi connectivity index (χ0n) is 13.9. The molecule has 0 unspecified atom stereocenters. The number of carbonyl (C=O) groups is 1. The van der Waals surface area contributed by atoms with E-state index < -0.39 is 0 Å². The van der Waals surface area contributed by atoms with E-state index in [1.165, 1.54) is 12.1 Å². The van der Waals surface area contributed by atoms with Gasteiger partial charge in [-0.1, -0.05) is 23.7 Å². The lowest BCUT2D eigenvalue weighted by Crippen LogP contribution is -2.25. The van der Waals surface area contributed by atoms with Crippen molar-refractivity contribution in [2.24, 2.45) is 0 Å². The molecule has 0 atom stereocenters. The fourth-order valence-electron chi connectivity index (χ4n) is 2.44. The van der Waals surface area contributed by atoms with Crippen LogP contribution in [0.3, 0.4) is 0 Å². The van der Waals surface area contributed by atoms with Crippen LogP contribution in [0.5, 0.6) is 0 Å². The Morgan fingerprint density at radius 2 is 1.88 bits per heavy atom. The summed E-state index contributed by atoms with van der Waals surface area (Å²) in [6, 6.07) is 16.8. The van der Waals surface area contributed by atoms with Crippen molar-refractivity contribution >= 4 is 29.0 Å². The first-order valence-electron chi connectivity index (χ1n) is 8.11. The third kappa shape index (κ3) is 5.04. The van der Waals surface area contributed by atoms with Crippen LogP contribution in [0.15, 0.2) is 66.9 Å². The van der Waals surface area contributed by atoms with Crippen molar-refractivity contribution in [3.05, 3.63) is 88.8 Å². The molecular formula is C20H17ClFN3O. The van der Waals surface area contributed by atoms with Gasteiger partial charge >= 0.3 is 0 Å². The lowest BCUT2D eigenvalue weighted by atomic mass is 10.1. The summed E-state index contributed by atoms with van der Waals surface area (Å²) in [6.07, 6.45) is 2.25. The highest BCUT2D eigenvalue weighted by molar-refractivity contribution is 6.30. The fraction of sp³-hybridized carbons (Fsp3) is 0.100. The molecule has 1 aromatic heterocycles. The number of amides is 1. The Balaban J connectivity index is 1.58. The third-order valence-corrected chi connectivity index (χ3v) is 3.96. The van der Waals surface area contributed by atoms with E-state index in [-0.39, 0.29) is 11.7 Å². The molecule has 1 amide bonds. The highest BCUT2D eigenvalue weighted by Gasteiger charge is 2.07. The molecule has 4 nitrogen and oxygen atoms in total. The van der Waals surface area contributed by atoms with Crippen LogP contribution in [-0.2, 0) is 6.42 Å². The van der Waals surface area contributed by atoms with E-state index in [0.717, 1.165) is 5.56 Å². The van der Waals surface area contributed by atoms with Crippen LogP contribution in [0.4, 0.5) is 15.9 Å². The Kier molecular flexibility index (Phi) is 5.81. The van der Waals surface area contributed by atoms with E-state index in [2.05, 4.69) is 15.6 Å². The van der Waals surface area contributed by atoms with Crippen LogP contribution in [0.25, 0.3) is 0 Å². The molecule has 0 saturated carbocycles. The molecular weight excluding hydrogens is 353 g/mol. The number of carbonyl (C=O) groups excluding carboxylic acids is 1. The number of pyridine rings is 1. The summed E-state index contributed by atoms with van der Waals surface area (Å²) in [5, 5.41) is 6.60. The standard InChI is InChI=1S/C20H17ClFN3O/c21-16-3-1-2-14(12-16)8-10-24-20(26)15-9-11-23-19(13-15)25-18-6-4-17(22)5-7-18/h1-7,9,11-13H,8,10H2,(H,23,25)(H,24,26). The van der Waals surface area contributed by atoms with Gasteiger partial charge in [0.15, 0.2) is 0 Å². The molecule has 1 heterocycles. The molecule has 6 heteroatoms. The number of halogens is 2. The minimum absolute atomic E-state index is 0.184. The van der Waals surface area contributed by atoms with Crippen LogP contribution in [-0.4, -0.2) is 17.4 Å². The molecule has 0 aliphatic carbocycles. The minimum atomic E-state index is -0.309. The molecule has 0 saturated heterocycles. The highest BCUT2D eigenvalue weighted by Crippen LogP contribution is 2.16. The SMILES string of the molecule is O=C(NCCc1cccc(Cl)c1)c1ccnc(Nc2ccc(F)cc2)c1. The maximum atomic E-state index is 13.0. The summed E-state index contributed by atoms with van der Waals surface area (Å²) >= 11 is 5.95. The highest BCUT2D eigenvalue weighted by atomic mass is 35.5. The molecule has 0 aliphatic rings. The van der Waals surface area contributed by atoms with E-state index >= 15 is 0 Å². The Bertz CT molecular complexity index is 900. The Hall–Kier alpha value is -2.92. The molecule has 0 spiro atoms. The Labute approximate surface area is 156 Å². The molecule has 0 radical (unpaired) electrons. The Morgan fingerprint density at radius 3 is 2.65 bits per heavy atom. The molecule has 2 aromatic carbocycles. The van der Waals surface area contributed by atoms with Crippen molar-refractivity contribution in [1.82, 2.24) is 10.3 Å². The minimum Gasteiger partial charge on any atom is -0.352 e. The van der Waals surface area contributed by atoms with Crippen LogP contribution in [0, 0.1) is 5.82 Å². The number of anilines is 2. The number of hydrogen-bond donors (Lipinski definition) is 2. The second-order valence-corrected chi connectivity index (χ2v) is 6.13. The number of hydrogen-bond acceptors (Lipinski definition) is 3. The normalized spacial score (nSPS) is 10.4. The topological polar surface area (TPSA) is 54.0 Å². The van der Waals surface area contributed by atoms with Gasteiger partial charge in [0.25, 0.3) is 5.91 Å². The van der Waals surface area contributed by atoms with E-state index in [9.17, 15) is 9.18 Å². The van der Waals surface area contributed by atoms with Crippen molar-refractivity contribution in [2.75, 3.05) is 11.9 Å². The summed E-state index contributed by atoms with van der Waals surface area (Å²) in [7, 11) is 0. The summed E-state index contributed by atoms with van der Waals surface area (Å²) in [6.45, 7) is 0.502. The first-order chi connectivity index (χ1) is 12.6. The van der Waals surface area contributed by atoms with Gasteiger partial charge in [-0.05, 0) is 60.5 Å². The van der Waals surface area contributed by atoms with Gasteiger partial charge in [0.05, 0.1) is 0 Å². The van der Waals surface area contributed by atoms with Crippen molar-refractivity contribution in [1.29, 1.82) is 0 Å². The van der Waals surface area contributed by atoms with Crippen LogP contribution < -0.4 is 10.6 Å². The van der Waals surface area contributed by atoms with Crippen molar-refractivity contribution in [3.8, 4) is 0 Å². The van der Waals surface area contributed by atoms with Crippen LogP contribution in [0.2, 0.25) is 5.02 Å². The lowest BCUT2D eigenvalue weighted by molar-refractivity contribution is 0.0954. The zero-order valence-corrected chi connectivity index (χ0v) is 14.6. The van der Waals surface area contributed by atoms with E-state index in [1.54, 1.807) is 30.5 Å². The molecule has 0 fully saturated rings. The second kappa shape index (κ2) is 8.45. The van der Waals surface area contributed by atoms with Gasteiger partial charge in [-0.15, -0.1) is 0 Å². The number of rotatable bonds is 6. The van der Waals surface area contributed by atoms with Crippen molar-refractivity contribution < 1.29 is 9.18 Å². The summed E-state index contributed by atoms with van der Waals surface area (Å²) in [5.74, 6) is 0.0204. The van der Waals surface area contributed by atoms with Gasteiger partial charge < -0.3 is 10.6 Å². The summed E-state index contributed by atoms with van der Waals surface area (Å²) in [4.78, 5) is 16.5. The van der Waals surface area contributed by atoms with Crippen LogP contribution >= 0.6 is 11.6 Å². The van der Waals surface area contributed by atoms with Gasteiger partial charge in [0, 0.05) is 29.0 Å². The number of nitrogens with zero attached hydrogens (tertiary/aromatic N) is 1. The van der Waals surface area contributed by atoms with Gasteiger partial charge in [-0.25, -0.2) is 9.37 Å². The Morgan fingerprint density at radius 1 is 1.08 bits per heavy atom. The predicted octanol–water partition coefficient (Wildman–Crippen LogP) is 4.59. The summed E-state index contributed by atoms with van der Waals surface area (Å²) < 4.78 is 13.0. The average Bonchev–Trinajstić information content (AvgIpc) is 2.64. The zero-order chi connectivity index (χ0) is 18.4. The van der Waals surface area contributed by atoms with Crippen molar-refractivity contribution in [2.45, 2.75) is 6.42 Å². The molecule has 0 bridgehead atoms. The maximum absolute atomic E-state index is 13.0. The monoisotopic (exact) mass is 369 g/mol. The van der Waals surface area contributed by atoms with Gasteiger partial charge in [0.2, 0.25) is 0 Å². The quantitative estimate of drug-likeness (QED) is 0.668. The summed E-state index contributed by atoms with van der Waals surface area (Å²) in [5.41, 5.74) is 2.25. The largest absolute Gasteiger partial charge is 0.352 e. The number of benzene rings is 2. The van der Waals surface area contributed by atoms with E-state index in [1.807, 2.05) is 24.3 Å². The molecule has 3 rings (SSSR count). The van der Waals surface area contributed by atoms with E-state index in [4.69, 9.17) is 11.6 Å². The van der Waals surface area contributed by atoms with Crippen LogP contribution in [0.1, 0.15) is 15.9 Å². The van der Waals surface area contributed by atoms with E-state index in [0.29, 0.717) is 35.1 Å². The molecule has 3 aromatic rings. The average molecular weight is 370 g/mol. The maximum Gasteiger partial charge on any atom is 0.251 e. The van der Waals surface area contributed by atoms with Gasteiger partial charge in [0.1, 0.15) is 11.6 Å². The second-order valence-electron chi connectivity index (χ2n) is 5.70. The molecule has 132 valence electrons.